The molecule has 112 valence electrons. The van der Waals surface area contributed by atoms with Crippen LogP contribution >= 0.6 is 0 Å². The Hall–Kier alpha value is -2.62. The molecule has 0 aliphatic rings. The van der Waals surface area contributed by atoms with Gasteiger partial charge in [-0.2, -0.15) is 0 Å². The maximum absolute atomic E-state index is 11.1. The molecule has 1 amide bonds. The molecule has 4 heteroatoms. The lowest BCUT2D eigenvalue weighted by Gasteiger charge is -2.04. The molecular weight excluding hydrogens is 276 g/mol. The number of hydrogen-bond acceptors (Lipinski definition) is 3. The highest BCUT2D eigenvalue weighted by Gasteiger charge is 2.10. The minimum absolute atomic E-state index is 0.108. The molecule has 0 atom stereocenters. The summed E-state index contributed by atoms with van der Waals surface area (Å²) in [6, 6.07) is 13.7. The summed E-state index contributed by atoms with van der Waals surface area (Å²) >= 11 is 0. The quantitative estimate of drug-likeness (QED) is 0.769. The van der Waals surface area contributed by atoms with Crippen LogP contribution in [0.2, 0.25) is 0 Å². The predicted molar refractivity (Wildman–Crippen MR) is 87.8 cm³/mol. The number of benzene rings is 2. The average molecular weight is 294 g/mol. The third kappa shape index (κ3) is 2.86. The zero-order valence-corrected chi connectivity index (χ0v) is 12.9. The normalized spacial score (nSPS) is 11.1. The van der Waals surface area contributed by atoms with Gasteiger partial charge in [0.25, 0.3) is 0 Å². The first-order valence-electron chi connectivity index (χ1n) is 7.31. The van der Waals surface area contributed by atoms with Gasteiger partial charge in [0.2, 0.25) is 11.8 Å². The highest BCUT2D eigenvalue weighted by molar-refractivity contribution is 5.91. The molecule has 0 fully saturated rings. The molecule has 0 aliphatic heterocycles. The van der Waals surface area contributed by atoms with E-state index >= 15 is 0 Å². The van der Waals surface area contributed by atoms with Crippen LogP contribution in [-0.2, 0) is 4.79 Å². The van der Waals surface area contributed by atoms with Crippen molar-refractivity contribution in [1.29, 1.82) is 0 Å². The van der Waals surface area contributed by atoms with Gasteiger partial charge in [-0.25, -0.2) is 4.98 Å². The first-order valence-corrected chi connectivity index (χ1v) is 7.31. The molecule has 0 radical (unpaired) electrons. The van der Waals surface area contributed by atoms with Gasteiger partial charge in [0.15, 0.2) is 5.58 Å². The summed E-state index contributed by atoms with van der Waals surface area (Å²) in [6.07, 6.45) is 0. The van der Waals surface area contributed by atoms with Gasteiger partial charge in [-0.1, -0.05) is 26.0 Å². The Balaban J connectivity index is 1.95. The number of carbonyl (C=O) groups is 1. The Morgan fingerprint density at radius 2 is 1.86 bits per heavy atom. The van der Waals surface area contributed by atoms with Crippen LogP contribution in [0.25, 0.3) is 22.6 Å². The number of amides is 1. The second kappa shape index (κ2) is 5.64. The molecule has 0 aliphatic carbocycles. The first kappa shape index (κ1) is 14.3. The van der Waals surface area contributed by atoms with Crippen LogP contribution in [0.4, 0.5) is 5.69 Å². The van der Waals surface area contributed by atoms with E-state index in [1.807, 2.05) is 24.3 Å². The maximum atomic E-state index is 11.1. The molecule has 0 bridgehead atoms. The maximum Gasteiger partial charge on any atom is 0.227 e. The van der Waals surface area contributed by atoms with Crippen molar-refractivity contribution in [3.05, 3.63) is 48.0 Å². The smallest absolute Gasteiger partial charge is 0.227 e. The number of carbonyl (C=O) groups excluding carboxylic acids is 1. The van der Waals surface area contributed by atoms with Crippen LogP contribution in [0.1, 0.15) is 32.3 Å². The van der Waals surface area contributed by atoms with Crippen molar-refractivity contribution in [2.24, 2.45) is 0 Å². The SMILES string of the molecule is CC(=O)Nc1ccc2nc(-c3ccc(C(C)C)cc3)oc2c1. The van der Waals surface area contributed by atoms with E-state index in [9.17, 15) is 4.79 Å². The molecule has 1 N–H and O–H groups in total. The zero-order valence-electron chi connectivity index (χ0n) is 12.9. The fourth-order valence-electron chi connectivity index (χ4n) is 2.34. The molecular formula is C18H18N2O2. The van der Waals surface area contributed by atoms with Crippen molar-refractivity contribution in [3.63, 3.8) is 0 Å². The number of hydrogen-bond donors (Lipinski definition) is 1. The third-order valence-corrected chi connectivity index (χ3v) is 3.53. The van der Waals surface area contributed by atoms with Gasteiger partial charge in [0, 0.05) is 24.2 Å². The molecule has 22 heavy (non-hydrogen) atoms. The van der Waals surface area contributed by atoms with Crippen LogP contribution in [0, 0.1) is 0 Å². The van der Waals surface area contributed by atoms with Crippen LogP contribution in [0.5, 0.6) is 0 Å². The second-order valence-electron chi connectivity index (χ2n) is 5.66. The minimum atomic E-state index is -0.108. The number of anilines is 1. The number of oxazole rings is 1. The molecule has 2 aromatic carbocycles. The van der Waals surface area contributed by atoms with Crippen molar-refractivity contribution >= 4 is 22.7 Å². The summed E-state index contributed by atoms with van der Waals surface area (Å²) in [5.41, 5.74) is 4.37. The third-order valence-electron chi connectivity index (χ3n) is 3.53. The van der Waals surface area contributed by atoms with Crippen LogP contribution in [0.15, 0.2) is 46.9 Å². The van der Waals surface area contributed by atoms with E-state index in [1.165, 1.54) is 12.5 Å². The van der Waals surface area contributed by atoms with Crippen molar-refractivity contribution in [3.8, 4) is 11.5 Å². The van der Waals surface area contributed by atoms with Crippen LogP contribution in [-0.4, -0.2) is 10.9 Å². The molecule has 4 nitrogen and oxygen atoms in total. The van der Waals surface area contributed by atoms with Gasteiger partial charge in [-0.05, 0) is 35.7 Å². The van der Waals surface area contributed by atoms with E-state index in [-0.39, 0.29) is 5.91 Å². The highest BCUT2D eigenvalue weighted by atomic mass is 16.3. The van der Waals surface area contributed by atoms with E-state index in [0.717, 1.165) is 11.1 Å². The van der Waals surface area contributed by atoms with Crippen LogP contribution in [0.3, 0.4) is 0 Å². The van der Waals surface area contributed by atoms with Gasteiger partial charge in [-0.3, -0.25) is 4.79 Å². The Morgan fingerprint density at radius 3 is 2.50 bits per heavy atom. The standard InChI is InChI=1S/C18H18N2O2/c1-11(2)13-4-6-14(7-5-13)18-20-16-9-8-15(19-12(3)21)10-17(16)22-18/h4-11H,1-3H3,(H,19,21). The summed E-state index contributed by atoms with van der Waals surface area (Å²) < 4.78 is 5.81. The topological polar surface area (TPSA) is 55.1 Å². The first-order chi connectivity index (χ1) is 10.5. The fourth-order valence-corrected chi connectivity index (χ4v) is 2.34. The van der Waals surface area contributed by atoms with E-state index in [2.05, 4.69) is 36.3 Å². The summed E-state index contributed by atoms with van der Waals surface area (Å²) in [5, 5.41) is 2.74. The number of aromatic nitrogens is 1. The molecule has 0 unspecified atom stereocenters. The lowest BCUT2D eigenvalue weighted by atomic mass is 10.0. The van der Waals surface area contributed by atoms with Gasteiger partial charge in [-0.15, -0.1) is 0 Å². The largest absolute Gasteiger partial charge is 0.436 e. The van der Waals surface area contributed by atoms with E-state index in [4.69, 9.17) is 4.42 Å². The Bertz CT molecular complexity index is 817. The molecule has 1 aromatic heterocycles. The number of nitrogens with zero attached hydrogens (tertiary/aromatic N) is 1. The van der Waals surface area contributed by atoms with E-state index in [1.54, 1.807) is 6.07 Å². The minimum Gasteiger partial charge on any atom is -0.436 e. The molecule has 3 rings (SSSR count). The molecule has 0 saturated carbocycles. The Labute approximate surface area is 129 Å². The summed E-state index contributed by atoms with van der Waals surface area (Å²) in [6.45, 7) is 5.81. The average Bonchev–Trinajstić information content (AvgIpc) is 2.90. The molecule has 3 aromatic rings. The lowest BCUT2D eigenvalue weighted by Crippen LogP contribution is -2.05. The number of nitrogens with one attached hydrogen (secondary N) is 1. The van der Waals surface area contributed by atoms with E-state index in [0.29, 0.717) is 23.1 Å². The Morgan fingerprint density at radius 1 is 1.14 bits per heavy atom. The highest BCUT2D eigenvalue weighted by Crippen LogP contribution is 2.27. The summed E-state index contributed by atoms with van der Waals surface area (Å²) in [7, 11) is 0. The van der Waals surface area contributed by atoms with Gasteiger partial charge in [0.1, 0.15) is 5.52 Å². The lowest BCUT2D eigenvalue weighted by molar-refractivity contribution is -0.114. The van der Waals surface area contributed by atoms with Crippen molar-refractivity contribution in [1.82, 2.24) is 4.98 Å². The summed E-state index contributed by atoms with van der Waals surface area (Å²) in [5.74, 6) is 0.978. The molecule has 0 spiro atoms. The van der Waals surface area contributed by atoms with E-state index < -0.39 is 0 Å². The van der Waals surface area contributed by atoms with Crippen molar-refractivity contribution in [2.75, 3.05) is 5.32 Å². The second-order valence-corrected chi connectivity index (χ2v) is 5.66. The van der Waals surface area contributed by atoms with Gasteiger partial charge < -0.3 is 9.73 Å². The van der Waals surface area contributed by atoms with Crippen molar-refractivity contribution in [2.45, 2.75) is 26.7 Å². The van der Waals surface area contributed by atoms with Gasteiger partial charge >= 0.3 is 0 Å². The summed E-state index contributed by atoms with van der Waals surface area (Å²) in [4.78, 5) is 15.6. The predicted octanol–water partition coefficient (Wildman–Crippen LogP) is 4.58. The number of fused-ring (bicyclic) bond motifs is 1. The Kier molecular flexibility index (Phi) is 3.67. The fraction of sp³-hybridized carbons (Fsp3) is 0.222. The van der Waals surface area contributed by atoms with Gasteiger partial charge in [0.05, 0.1) is 0 Å². The van der Waals surface area contributed by atoms with Crippen LogP contribution < -0.4 is 5.32 Å². The monoisotopic (exact) mass is 294 g/mol. The number of rotatable bonds is 3. The van der Waals surface area contributed by atoms with Crippen molar-refractivity contribution < 1.29 is 9.21 Å². The zero-order chi connectivity index (χ0) is 15.7. The molecule has 1 heterocycles. The molecule has 0 saturated heterocycles.